The first-order valence-electron chi connectivity index (χ1n) is 6.77. The minimum Gasteiger partial charge on any atom is -0.338 e. The Hall–Kier alpha value is -1.28. The van der Waals surface area contributed by atoms with Gasteiger partial charge >= 0.3 is 0 Å². The minimum absolute atomic E-state index is 0.513. The van der Waals surface area contributed by atoms with Crippen molar-refractivity contribution >= 4 is 11.6 Å². The molecule has 2 nitrogen and oxygen atoms in total. The molecule has 0 bridgehead atoms. The molecule has 1 unspecified atom stereocenters. The molecule has 1 aromatic carbocycles. The van der Waals surface area contributed by atoms with Crippen LogP contribution in [0.3, 0.4) is 0 Å². The van der Waals surface area contributed by atoms with Crippen molar-refractivity contribution in [3.63, 3.8) is 0 Å². The summed E-state index contributed by atoms with van der Waals surface area (Å²) in [4.78, 5) is 4.37. The van der Waals surface area contributed by atoms with E-state index in [0.717, 1.165) is 25.1 Å². The maximum Gasteiger partial charge on any atom is 0.108 e. The predicted molar refractivity (Wildman–Crippen MR) is 80.6 cm³/mol. The van der Waals surface area contributed by atoms with Crippen LogP contribution in [-0.4, -0.2) is 15.4 Å². The fourth-order valence-corrected chi connectivity index (χ4v) is 2.62. The largest absolute Gasteiger partial charge is 0.338 e. The topological polar surface area (TPSA) is 17.8 Å². The van der Waals surface area contributed by atoms with Gasteiger partial charge in [0.25, 0.3) is 0 Å². The van der Waals surface area contributed by atoms with Gasteiger partial charge in [0.2, 0.25) is 0 Å². The third-order valence-corrected chi connectivity index (χ3v) is 4.12. The molecule has 0 radical (unpaired) electrons. The van der Waals surface area contributed by atoms with E-state index in [4.69, 9.17) is 11.6 Å². The highest BCUT2D eigenvalue weighted by atomic mass is 35.5. The molecule has 0 aliphatic rings. The van der Waals surface area contributed by atoms with Gasteiger partial charge in [-0.2, -0.15) is 0 Å². The van der Waals surface area contributed by atoms with Crippen LogP contribution in [0.2, 0.25) is 0 Å². The van der Waals surface area contributed by atoms with Crippen LogP contribution in [0.4, 0.5) is 0 Å². The summed E-state index contributed by atoms with van der Waals surface area (Å²) in [6.45, 7) is 2.17. The molecule has 19 heavy (non-hydrogen) atoms. The monoisotopic (exact) mass is 276 g/mol. The lowest BCUT2D eigenvalue weighted by atomic mass is 9.94. The van der Waals surface area contributed by atoms with Crippen molar-refractivity contribution in [2.75, 3.05) is 5.88 Å². The van der Waals surface area contributed by atoms with Gasteiger partial charge in [0, 0.05) is 31.7 Å². The summed E-state index contributed by atoms with van der Waals surface area (Å²) in [7, 11) is 2.04. The Balaban J connectivity index is 1.94. The quantitative estimate of drug-likeness (QED) is 0.735. The number of nitrogens with zero attached hydrogens (tertiary/aromatic N) is 2. The molecule has 0 saturated carbocycles. The number of alkyl halides is 1. The van der Waals surface area contributed by atoms with E-state index < -0.39 is 0 Å². The Kier molecular flexibility index (Phi) is 5.03. The van der Waals surface area contributed by atoms with E-state index >= 15 is 0 Å². The molecule has 0 amide bonds. The summed E-state index contributed by atoms with van der Waals surface area (Å²) < 4.78 is 2.08. The Morgan fingerprint density at radius 2 is 2.11 bits per heavy atom. The van der Waals surface area contributed by atoms with Crippen molar-refractivity contribution in [1.29, 1.82) is 0 Å². The van der Waals surface area contributed by atoms with Gasteiger partial charge in [0.15, 0.2) is 0 Å². The van der Waals surface area contributed by atoms with Gasteiger partial charge < -0.3 is 4.57 Å². The molecule has 1 heterocycles. The van der Waals surface area contributed by atoms with Crippen molar-refractivity contribution in [1.82, 2.24) is 9.55 Å². The molecule has 2 rings (SSSR count). The SMILES string of the molecule is Cc1ccccc1CC(CCl)CCc1nccn1C. The fourth-order valence-electron chi connectivity index (χ4n) is 2.35. The lowest BCUT2D eigenvalue weighted by molar-refractivity contribution is 0.522. The lowest BCUT2D eigenvalue weighted by Gasteiger charge is -2.15. The predicted octanol–water partition coefficient (Wildman–Crippen LogP) is 3.76. The Morgan fingerprint density at radius 1 is 1.32 bits per heavy atom. The van der Waals surface area contributed by atoms with Gasteiger partial charge in [-0.3, -0.25) is 0 Å². The molecule has 1 aromatic heterocycles. The van der Waals surface area contributed by atoms with Gasteiger partial charge in [-0.05, 0) is 36.8 Å². The summed E-state index contributed by atoms with van der Waals surface area (Å²) in [5.74, 6) is 2.36. The molecule has 102 valence electrons. The maximum atomic E-state index is 6.12. The Bertz CT molecular complexity index is 519. The summed E-state index contributed by atoms with van der Waals surface area (Å²) in [6, 6.07) is 8.56. The van der Waals surface area contributed by atoms with Crippen LogP contribution < -0.4 is 0 Å². The number of imidazole rings is 1. The molecule has 2 aromatic rings. The molecule has 0 fully saturated rings. The molecular weight excluding hydrogens is 256 g/mol. The van der Waals surface area contributed by atoms with Gasteiger partial charge in [-0.25, -0.2) is 4.98 Å². The zero-order valence-electron chi connectivity index (χ0n) is 11.6. The van der Waals surface area contributed by atoms with Crippen molar-refractivity contribution in [3.05, 3.63) is 53.6 Å². The third-order valence-electron chi connectivity index (χ3n) is 3.69. The van der Waals surface area contributed by atoms with Gasteiger partial charge in [0.1, 0.15) is 5.82 Å². The summed E-state index contributed by atoms with van der Waals surface area (Å²) in [5.41, 5.74) is 2.77. The number of hydrogen-bond donors (Lipinski definition) is 0. The van der Waals surface area contributed by atoms with E-state index in [9.17, 15) is 0 Å². The number of hydrogen-bond acceptors (Lipinski definition) is 1. The van der Waals surface area contributed by atoms with E-state index in [1.54, 1.807) is 0 Å². The summed E-state index contributed by atoms with van der Waals surface area (Å²) in [5, 5.41) is 0. The van der Waals surface area contributed by atoms with Crippen LogP contribution in [0.5, 0.6) is 0 Å². The molecule has 0 spiro atoms. The summed E-state index contributed by atoms with van der Waals surface area (Å²) >= 11 is 6.12. The number of aryl methyl sites for hydroxylation is 3. The van der Waals surface area contributed by atoms with E-state index in [-0.39, 0.29) is 0 Å². The number of rotatable bonds is 6. The van der Waals surface area contributed by atoms with Gasteiger partial charge in [0.05, 0.1) is 0 Å². The fraction of sp³-hybridized carbons (Fsp3) is 0.438. The minimum atomic E-state index is 0.513. The first kappa shape index (κ1) is 14.1. The zero-order chi connectivity index (χ0) is 13.7. The Labute approximate surface area is 120 Å². The third kappa shape index (κ3) is 3.84. The van der Waals surface area contributed by atoms with Crippen molar-refractivity contribution < 1.29 is 0 Å². The van der Waals surface area contributed by atoms with E-state index in [1.165, 1.54) is 11.1 Å². The van der Waals surface area contributed by atoms with Crippen molar-refractivity contribution in [3.8, 4) is 0 Å². The van der Waals surface area contributed by atoms with E-state index in [1.807, 2.05) is 19.4 Å². The van der Waals surface area contributed by atoms with Gasteiger partial charge in [-0.1, -0.05) is 24.3 Å². The summed E-state index contributed by atoms with van der Waals surface area (Å²) in [6.07, 6.45) is 6.98. The molecule has 0 aliphatic carbocycles. The van der Waals surface area contributed by atoms with Crippen molar-refractivity contribution in [2.45, 2.75) is 26.2 Å². The number of benzene rings is 1. The average Bonchev–Trinajstić information content (AvgIpc) is 2.82. The zero-order valence-corrected chi connectivity index (χ0v) is 12.4. The smallest absolute Gasteiger partial charge is 0.108 e. The van der Waals surface area contributed by atoms with Crippen LogP contribution in [0.1, 0.15) is 23.4 Å². The van der Waals surface area contributed by atoms with Crippen LogP contribution >= 0.6 is 11.6 Å². The highest BCUT2D eigenvalue weighted by Gasteiger charge is 2.11. The maximum absolute atomic E-state index is 6.12. The second-order valence-corrected chi connectivity index (χ2v) is 5.45. The Morgan fingerprint density at radius 3 is 2.74 bits per heavy atom. The van der Waals surface area contributed by atoms with Crippen LogP contribution in [0, 0.1) is 12.8 Å². The van der Waals surface area contributed by atoms with E-state index in [0.29, 0.717) is 11.8 Å². The molecular formula is C16H21ClN2. The molecule has 0 N–H and O–H groups in total. The first-order valence-corrected chi connectivity index (χ1v) is 7.31. The molecule has 0 saturated heterocycles. The molecule has 1 atom stereocenters. The van der Waals surface area contributed by atoms with Crippen LogP contribution in [-0.2, 0) is 19.9 Å². The molecule has 0 aliphatic heterocycles. The van der Waals surface area contributed by atoms with Gasteiger partial charge in [-0.15, -0.1) is 11.6 Å². The van der Waals surface area contributed by atoms with E-state index in [2.05, 4.69) is 40.7 Å². The van der Waals surface area contributed by atoms with Crippen LogP contribution in [0.25, 0.3) is 0 Å². The number of aromatic nitrogens is 2. The highest BCUT2D eigenvalue weighted by molar-refractivity contribution is 6.18. The van der Waals surface area contributed by atoms with Crippen LogP contribution in [0.15, 0.2) is 36.7 Å². The second kappa shape index (κ2) is 6.76. The number of halogens is 1. The lowest BCUT2D eigenvalue weighted by Crippen LogP contribution is -2.10. The molecule has 3 heteroatoms. The normalized spacial score (nSPS) is 12.6. The second-order valence-electron chi connectivity index (χ2n) is 5.14. The van der Waals surface area contributed by atoms with Crippen molar-refractivity contribution in [2.24, 2.45) is 13.0 Å². The average molecular weight is 277 g/mol. The highest BCUT2D eigenvalue weighted by Crippen LogP contribution is 2.18. The standard InChI is InChI=1S/C16H21ClN2/c1-13-5-3-4-6-15(13)11-14(12-17)7-8-16-18-9-10-19(16)2/h3-6,9-10,14H,7-8,11-12H2,1-2H3. The first-order chi connectivity index (χ1) is 9.20.